The molecule has 3 aliphatic rings. The van der Waals surface area contributed by atoms with Crippen molar-refractivity contribution in [3.63, 3.8) is 0 Å². The van der Waals surface area contributed by atoms with Crippen LogP contribution in [0.25, 0.3) is 0 Å². The summed E-state index contributed by atoms with van der Waals surface area (Å²) in [5.74, 6) is 0. The molecule has 3 aliphatic heterocycles. The summed E-state index contributed by atoms with van der Waals surface area (Å²) in [5.41, 5.74) is 0. The zero-order valence-corrected chi connectivity index (χ0v) is 12.4. The van der Waals surface area contributed by atoms with Crippen molar-refractivity contribution >= 4 is 10.2 Å². The lowest BCUT2D eigenvalue weighted by Crippen LogP contribution is -2.52. The van der Waals surface area contributed by atoms with E-state index in [9.17, 15) is 8.42 Å². The maximum absolute atomic E-state index is 12.8. The number of nitrogens with zero attached hydrogens (tertiary/aromatic N) is 2. The molecule has 110 valence electrons. The molecule has 19 heavy (non-hydrogen) atoms. The van der Waals surface area contributed by atoms with Gasteiger partial charge in [0, 0.05) is 31.7 Å². The normalized spacial score (nSPS) is 34.9. The third kappa shape index (κ3) is 2.68. The van der Waals surface area contributed by atoms with Crippen molar-refractivity contribution < 1.29 is 8.42 Å². The molecule has 3 saturated heterocycles. The van der Waals surface area contributed by atoms with Crippen LogP contribution in [-0.4, -0.2) is 55.3 Å². The first-order valence-electron chi connectivity index (χ1n) is 7.70. The van der Waals surface area contributed by atoms with Crippen molar-refractivity contribution in [2.24, 2.45) is 0 Å². The summed E-state index contributed by atoms with van der Waals surface area (Å²) in [7, 11) is -3.22. The predicted octanol–water partition coefficient (Wildman–Crippen LogP) is 0.933. The van der Waals surface area contributed by atoms with Gasteiger partial charge < -0.3 is 5.32 Å². The summed E-state index contributed by atoms with van der Waals surface area (Å²) in [6, 6.07) is 0.566. The lowest BCUT2D eigenvalue weighted by molar-refractivity contribution is 0.272. The van der Waals surface area contributed by atoms with Gasteiger partial charge in [-0.3, -0.25) is 0 Å². The van der Waals surface area contributed by atoms with Crippen LogP contribution in [0.5, 0.6) is 0 Å². The third-order valence-electron chi connectivity index (χ3n) is 4.75. The summed E-state index contributed by atoms with van der Waals surface area (Å²) >= 11 is 0. The fraction of sp³-hybridized carbons (Fsp3) is 1.00. The van der Waals surface area contributed by atoms with Crippen LogP contribution in [0.15, 0.2) is 0 Å². The van der Waals surface area contributed by atoms with Gasteiger partial charge in [-0.15, -0.1) is 0 Å². The molecule has 1 N–H and O–H groups in total. The van der Waals surface area contributed by atoms with Gasteiger partial charge in [-0.25, -0.2) is 0 Å². The molecule has 0 bridgehead atoms. The Hall–Kier alpha value is -0.170. The van der Waals surface area contributed by atoms with Crippen LogP contribution in [0, 0.1) is 0 Å². The van der Waals surface area contributed by atoms with Crippen molar-refractivity contribution in [3.05, 3.63) is 0 Å². The van der Waals surface area contributed by atoms with E-state index in [1.54, 1.807) is 8.61 Å². The highest BCUT2D eigenvalue weighted by Gasteiger charge is 2.42. The van der Waals surface area contributed by atoms with E-state index in [4.69, 9.17) is 0 Å². The van der Waals surface area contributed by atoms with Crippen molar-refractivity contribution in [2.45, 2.75) is 57.0 Å². The molecule has 0 radical (unpaired) electrons. The molecule has 0 aliphatic carbocycles. The van der Waals surface area contributed by atoms with Crippen LogP contribution in [0.1, 0.15) is 44.9 Å². The lowest BCUT2D eigenvalue weighted by Gasteiger charge is -2.35. The molecule has 3 rings (SSSR count). The summed E-state index contributed by atoms with van der Waals surface area (Å²) < 4.78 is 29.1. The molecule has 3 fully saturated rings. The van der Waals surface area contributed by atoms with Crippen molar-refractivity contribution in [1.29, 1.82) is 0 Å². The van der Waals surface area contributed by atoms with E-state index in [2.05, 4.69) is 5.32 Å². The number of hydrogen-bond acceptors (Lipinski definition) is 3. The number of nitrogens with one attached hydrogen (secondary N) is 1. The third-order valence-corrected chi connectivity index (χ3v) is 6.81. The average molecular weight is 287 g/mol. The van der Waals surface area contributed by atoms with E-state index >= 15 is 0 Å². The van der Waals surface area contributed by atoms with E-state index in [0.717, 1.165) is 38.6 Å². The number of piperidine rings is 1. The molecule has 0 amide bonds. The second-order valence-corrected chi connectivity index (χ2v) is 7.87. The van der Waals surface area contributed by atoms with Crippen LogP contribution >= 0.6 is 0 Å². The van der Waals surface area contributed by atoms with Crippen LogP contribution < -0.4 is 5.32 Å². The maximum Gasteiger partial charge on any atom is 0.282 e. The minimum atomic E-state index is -3.22. The van der Waals surface area contributed by atoms with Gasteiger partial charge in [0.2, 0.25) is 0 Å². The van der Waals surface area contributed by atoms with E-state index in [0.29, 0.717) is 25.7 Å². The molecule has 5 nitrogen and oxygen atoms in total. The van der Waals surface area contributed by atoms with Gasteiger partial charge in [0.1, 0.15) is 0 Å². The van der Waals surface area contributed by atoms with Crippen LogP contribution in [0.4, 0.5) is 0 Å². The SMILES string of the molecule is O=S(=O)(N1CCCCC1)N1CCCC1C1CCCN1. The monoisotopic (exact) mass is 287 g/mol. The summed E-state index contributed by atoms with van der Waals surface area (Å²) in [5, 5.41) is 3.48. The molecule has 0 saturated carbocycles. The van der Waals surface area contributed by atoms with Gasteiger partial charge in [-0.1, -0.05) is 6.42 Å². The largest absolute Gasteiger partial charge is 0.312 e. The molecule has 0 aromatic heterocycles. The Kier molecular flexibility index (Phi) is 4.12. The highest BCUT2D eigenvalue weighted by molar-refractivity contribution is 7.86. The molecule has 6 heteroatoms. The molecular weight excluding hydrogens is 262 g/mol. The molecule has 0 aromatic carbocycles. The maximum atomic E-state index is 12.8. The minimum absolute atomic E-state index is 0.189. The van der Waals surface area contributed by atoms with Gasteiger partial charge >= 0.3 is 0 Å². The van der Waals surface area contributed by atoms with E-state index in [-0.39, 0.29) is 6.04 Å². The zero-order valence-electron chi connectivity index (χ0n) is 11.6. The van der Waals surface area contributed by atoms with Gasteiger partial charge in [-0.05, 0) is 45.1 Å². The Morgan fingerprint density at radius 1 is 0.895 bits per heavy atom. The molecule has 0 spiro atoms. The average Bonchev–Trinajstić information content (AvgIpc) is 3.10. The molecule has 2 atom stereocenters. The standard InChI is InChI=1S/C13H25N3O2S/c17-19(18,15-9-2-1-3-10-15)16-11-5-7-13(16)12-6-4-8-14-12/h12-14H,1-11H2. The summed E-state index contributed by atoms with van der Waals surface area (Å²) in [6.07, 6.45) is 7.52. The first-order valence-corrected chi connectivity index (χ1v) is 9.09. The number of rotatable bonds is 3. The highest BCUT2D eigenvalue weighted by Crippen LogP contribution is 2.29. The molecule has 3 heterocycles. The predicted molar refractivity (Wildman–Crippen MR) is 75.1 cm³/mol. The van der Waals surface area contributed by atoms with Crippen molar-refractivity contribution in [1.82, 2.24) is 13.9 Å². The molecular formula is C13H25N3O2S. The fourth-order valence-corrected chi connectivity index (χ4v) is 5.71. The first-order chi connectivity index (χ1) is 9.19. The summed E-state index contributed by atoms with van der Waals surface area (Å²) in [6.45, 7) is 3.17. The minimum Gasteiger partial charge on any atom is -0.312 e. The Labute approximate surface area is 116 Å². The van der Waals surface area contributed by atoms with Gasteiger partial charge in [0.25, 0.3) is 10.2 Å². The van der Waals surface area contributed by atoms with Crippen LogP contribution in [0.2, 0.25) is 0 Å². The Balaban J connectivity index is 1.74. The molecule has 0 aromatic rings. The van der Waals surface area contributed by atoms with E-state index in [1.807, 2.05) is 0 Å². The second-order valence-electron chi connectivity index (χ2n) is 5.99. The Bertz CT molecular complexity index is 400. The zero-order chi connectivity index (χ0) is 13.3. The smallest absolute Gasteiger partial charge is 0.282 e. The lowest BCUT2D eigenvalue weighted by atomic mass is 10.1. The molecule has 2 unspecified atom stereocenters. The fourth-order valence-electron chi connectivity index (χ4n) is 3.74. The first kappa shape index (κ1) is 13.8. The van der Waals surface area contributed by atoms with Crippen LogP contribution in [0.3, 0.4) is 0 Å². The quantitative estimate of drug-likeness (QED) is 0.840. The van der Waals surface area contributed by atoms with Crippen molar-refractivity contribution in [3.8, 4) is 0 Å². The van der Waals surface area contributed by atoms with E-state index < -0.39 is 10.2 Å². The Morgan fingerprint density at radius 3 is 2.37 bits per heavy atom. The highest BCUT2D eigenvalue weighted by atomic mass is 32.2. The van der Waals surface area contributed by atoms with Gasteiger partial charge in [0.15, 0.2) is 0 Å². The van der Waals surface area contributed by atoms with Crippen LogP contribution in [-0.2, 0) is 10.2 Å². The topological polar surface area (TPSA) is 52.7 Å². The summed E-state index contributed by atoms with van der Waals surface area (Å²) in [4.78, 5) is 0. The van der Waals surface area contributed by atoms with Crippen molar-refractivity contribution in [2.75, 3.05) is 26.2 Å². The van der Waals surface area contributed by atoms with Gasteiger partial charge in [0.05, 0.1) is 0 Å². The van der Waals surface area contributed by atoms with E-state index in [1.165, 1.54) is 12.8 Å². The second kappa shape index (κ2) is 5.68. The Morgan fingerprint density at radius 2 is 1.68 bits per heavy atom. The number of hydrogen-bond donors (Lipinski definition) is 1. The van der Waals surface area contributed by atoms with Gasteiger partial charge in [-0.2, -0.15) is 17.0 Å².